The molecule has 0 aromatic heterocycles. The lowest BCUT2D eigenvalue weighted by Crippen LogP contribution is -2.29. The molecule has 0 aromatic rings. The number of carbonyl (C=O) groups is 1. The SMILES string of the molecule is CCC(=O)N(C)CCC1CCOCC1. The highest BCUT2D eigenvalue weighted by molar-refractivity contribution is 5.75. The fraction of sp³-hybridized carbons (Fsp3) is 0.909. The van der Waals surface area contributed by atoms with E-state index >= 15 is 0 Å². The largest absolute Gasteiger partial charge is 0.381 e. The molecule has 1 aliphatic rings. The summed E-state index contributed by atoms with van der Waals surface area (Å²) in [5.74, 6) is 1.01. The number of hydrogen-bond acceptors (Lipinski definition) is 2. The molecule has 0 unspecified atom stereocenters. The van der Waals surface area contributed by atoms with Gasteiger partial charge in [-0.05, 0) is 25.2 Å². The smallest absolute Gasteiger partial charge is 0.222 e. The summed E-state index contributed by atoms with van der Waals surface area (Å²) in [5.41, 5.74) is 0. The average molecular weight is 199 g/mol. The van der Waals surface area contributed by atoms with E-state index in [-0.39, 0.29) is 5.91 Å². The molecule has 3 heteroatoms. The summed E-state index contributed by atoms with van der Waals surface area (Å²) in [6, 6.07) is 0. The van der Waals surface area contributed by atoms with Crippen molar-refractivity contribution in [1.82, 2.24) is 4.90 Å². The van der Waals surface area contributed by atoms with Crippen molar-refractivity contribution in [2.24, 2.45) is 5.92 Å². The van der Waals surface area contributed by atoms with Crippen molar-refractivity contribution in [3.63, 3.8) is 0 Å². The normalized spacial score (nSPS) is 18.1. The molecule has 0 atom stereocenters. The van der Waals surface area contributed by atoms with Crippen molar-refractivity contribution >= 4 is 5.91 Å². The third-order valence-corrected chi connectivity index (χ3v) is 2.94. The Hall–Kier alpha value is -0.570. The maximum absolute atomic E-state index is 11.3. The monoisotopic (exact) mass is 199 g/mol. The van der Waals surface area contributed by atoms with Crippen LogP contribution in [-0.2, 0) is 9.53 Å². The van der Waals surface area contributed by atoms with E-state index in [0.717, 1.165) is 44.9 Å². The minimum Gasteiger partial charge on any atom is -0.381 e. The first-order valence-corrected chi connectivity index (χ1v) is 5.55. The van der Waals surface area contributed by atoms with Crippen molar-refractivity contribution in [3.05, 3.63) is 0 Å². The Morgan fingerprint density at radius 1 is 1.43 bits per heavy atom. The highest BCUT2D eigenvalue weighted by atomic mass is 16.5. The van der Waals surface area contributed by atoms with Crippen LogP contribution in [0.1, 0.15) is 32.6 Å². The lowest BCUT2D eigenvalue weighted by Gasteiger charge is -2.24. The van der Waals surface area contributed by atoms with Gasteiger partial charge in [0.15, 0.2) is 0 Å². The Balaban J connectivity index is 2.15. The molecule has 0 radical (unpaired) electrons. The predicted molar refractivity (Wildman–Crippen MR) is 56.1 cm³/mol. The number of rotatable bonds is 4. The zero-order chi connectivity index (χ0) is 10.4. The van der Waals surface area contributed by atoms with Gasteiger partial charge in [0.1, 0.15) is 0 Å². The van der Waals surface area contributed by atoms with Crippen LogP contribution in [0.2, 0.25) is 0 Å². The molecule has 1 heterocycles. The highest BCUT2D eigenvalue weighted by Crippen LogP contribution is 2.18. The molecule has 1 rings (SSSR count). The van der Waals surface area contributed by atoms with Gasteiger partial charge in [0, 0.05) is 33.2 Å². The Morgan fingerprint density at radius 3 is 2.64 bits per heavy atom. The molecule has 1 aliphatic heterocycles. The van der Waals surface area contributed by atoms with Crippen LogP contribution in [0.25, 0.3) is 0 Å². The van der Waals surface area contributed by atoms with Crippen LogP contribution in [0.15, 0.2) is 0 Å². The molecule has 82 valence electrons. The van der Waals surface area contributed by atoms with Gasteiger partial charge in [-0.1, -0.05) is 6.92 Å². The number of hydrogen-bond donors (Lipinski definition) is 0. The van der Waals surface area contributed by atoms with E-state index in [9.17, 15) is 4.79 Å². The van der Waals surface area contributed by atoms with Crippen LogP contribution in [0.5, 0.6) is 0 Å². The summed E-state index contributed by atoms with van der Waals surface area (Å²) in [7, 11) is 1.89. The topological polar surface area (TPSA) is 29.5 Å². The van der Waals surface area contributed by atoms with Gasteiger partial charge in [-0.3, -0.25) is 4.79 Å². The van der Waals surface area contributed by atoms with Gasteiger partial charge < -0.3 is 9.64 Å². The first kappa shape index (κ1) is 11.5. The van der Waals surface area contributed by atoms with Gasteiger partial charge in [0.25, 0.3) is 0 Å². The van der Waals surface area contributed by atoms with Crippen molar-refractivity contribution in [1.29, 1.82) is 0 Å². The van der Waals surface area contributed by atoms with E-state index < -0.39 is 0 Å². The van der Waals surface area contributed by atoms with E-state index in [4.69, 9.17) is 4.74 Å². The van der Waals surface area contributed by atoms with Crippen LogP contribution in [-0.4, -0.2) is 37.6 Å². The molecule has 0 spiro atoms. The molecule has 0 bridgehead atoms. The van der Waals surface area contributed by atoms with Crippen LogP contribution in [0.4, 0.5) is 0 Å². The third kappa shape index (κ3) is 3.66. The zero-order valence-corrected chi connectivity index (χ0v) is 9.29. The quantitative estimate of drug-likeness (QED) is 0.689. The van der Waals surface area contributed by atoms with Crippen LogP contribution in [0.3, 0.4) is 0 Å². The summed E-state index contributed by atoms with van der Waals surface area (Å²) in [6.45, 7) is 4.61. The van der Waals surface area contributed by atoms with Crippen LogP contribution < -0.4 is 0 Å². The van der Waals surface area contributed by atoms with Crippen molar-refractivity contribution in [2.75, 3.05) is 26.8 Å². The molecule has 1 amide bonds. The molecule has 0 aromatic carbocycles. The molecule has 0 aliphatic carbocycles. The third-order valence-electron chi connectivity index (χ3n) is 2.94. The minimum atomic E-state index is 0.247. The lowest BCUT2D eigenvalue weighted by atomic mass is 9.96. The number of amides is 1. The number of ether oxygens (including phenoxy) is 1. The fourth-order valence-corrected chi connectivity index (χ4v) is 1.81. The van der Waals surface area contributed by atoms with E-state index in [0.29, 0.717) is 6.42 Å². The first-order valence-electron chi connectivity index (χ1n) is 5.55. The second-order valence-electron chi connectivity index (χ2n) is 4.01. The van der Waals surface area contributed by atoms with Gasteiger partial charge in [-0.2, -0.15) is 0 Å². The Kier molecular flexibility index (Phi) is 4.94. The summed E-state index contributed by atoms with van der Waals surface area (Å²) in [6.07, 6.45) is 4.07. The van der Waals surface area contributed by atoms with Gasteiger partial charge >= 0.3 is 0 Å². The molecule has 1 fully saturated rings. The van der Waals surface area contributed by atoms with E-state index in [1.165, 1.54) is 0 Å². The average Bonchev–Trinajstić information content (AvgIpc) is 2.26. The van der Waals surface area contributed by atoms with Crippen LogP contribution >= 0.6 is 0 Å². The summed E-state index contributed by atoms with van der Waals surface area (Å²) in [4.78, 5) is 13.1. The Bertz CT molecular complexity index is 176. The second kappa shape index (κ2) is 6.02. The molecular weight excluding hydrogens is 178 g/mol. The van der Waals surface area contributed by atoms with Gasteiger partial charge in [0.2, 0.25) is 5.91 Å². The standard InChI is InChI=1S/C11H21NO2/c1-3-11(13)12(2)7-4-10-5-8-14-9-6-10/h10H,3-9H2,1-2H3. The van der Waals surface area contributed by atoms with Gasteiger partial charge in [0.05, 0.1) is 0 Å². The molecule has 0 saturated carbocycles. The Labute approximate surface area is 86.4 Å². The fourth-order valence-electron chi connectivity index (χ4n) is 1.81. The Morgan fingerprint density at radius 2 is 2.07 bits per heavy atom. The summed E-state index contributed by atoms with van der Waals surface area (Å²) < 4.78 is 5.29. The first-order chi connectivity index (χ1) is 6.74. The van der Waals surface area contributed by atoms with Crippen LogP contribution in [0, 0.1) is 5.92 Å². The van der Waals surface area contributed by atoms with Gasteiger partial charge in [-0.25, -0.2) is 0 Å². The second-order valence-corrected chi connectivity index (χ2v) is 4.01. The van der Waals surface area contributed by atoms with E-state index in [2.05, 4.69) is 0 Å². The predicted octanol–water partition coefficient (Wildman–Crippen LogP) is 1.67. The highest BCUT2D eigenvalue weighted by Gasteiger charge is 2.15. The number of carbonyl (C=O) groups excluding carboxylic acids is 1. The van der Waals surface area contributed by atoms with Crippen molar-refractivity contribution < 1.29 is 9.53 Å². The molecule has 1 saturated heterocycles. The molecule has 3 nitrogen and oxygen atoms in total. The van der Waals surface area contributed by atoms with Gasteiger partial charge in [-0.15, -0.1) is 0 Å². The van der Waals surface area contributed by atoms with Crippen molar-refractivity contribution in [2.45, 2.75) is 32.6 Å². The zero-order valence-electron chi connectivity index (χ0n) is 9.29. The minimum absolute atomic E-state index is 0.247. The maximum atomic E-state index is 11.3. The van der Waals surface area contributed by atoms with E-state index in [1.807, 2.05) is 18.9 Å². The molecule has 0 N–H and O–H groups in total. The van der Waals surface area contributed by atoms with E-state index in [1.54, 1.807) is 0 Å². The lowest BCUT2D eigenvalue weighted by molar-refractivity contribution is -0.129. The summed E-state index contributed by atoms with van der Waals surface area (Å²) in [5, 5.41) is 0. The maximum Gasteiger partial charge on any atom is 0.222 e. The number of nitrogens with zero attached hydrogens (tertiary/aromatic N) is 1. The molecular formula is C11H21NO2. The summed E-state index contributed by atoms with van der Waals surface area (Å²) >= 11 is 0. The van der Waals surface area contributed by atoms with Crippen molar-refractivity contribution in [3.8, 4) is 0 Å². The molecule has 14 heavy (non-hydrogen) atoms.